The van der Waals surface area contributed by atoms with Gasteiger partial charge in [-0.05, 0) is 42.5 Å². The molecular formula is C22H28N4O3. The number of hydrogen-bond donors (Lipinski definition) is 1. The predicted molar refractivity (Wildman–Crippen MR) is 111 cm³/mol. The zero-order chi connectivity index (χ0) is 20.2. The van der Waals surface area contributed by atoms with Crippen LogP contribution in [0.5, 0.6) is 11.5 Å². The summed E-state index contributed by atoms with van der Waals surface area (Å²) in [6.07, 6.45) is 9.90. The van der Waals surface area contributed by atoms with Gasteiger partial charge in [-0.15, -0.1) is 0 Å². The zero-order valence-electron chi connectivity index (χ0n) is 17.1. The Kier molecular flexibility index (Phi) is 5.83. The highest BCUT2D eigenvalue weighted by Crippen LogP contribution is 2.34. The lowest BCUT2D eigenvalue weighted by Gasteiger charge is -2.30. The second-order valence-electron chi connectivity index (χ2n) is 7.72. The van der Waals surface area contributed by atoms with Crippen molar-refractivity contribution < 1.29 is 14.3 Å². The summed E-state index contributed by atoms with van der Waals surface area (Å²) in [6, 6.07) is 4.35. The molecule has 2 aliphatic rings. The first-order valence-electron chi connectivity index (χ1n) is 10.3. The molecule has 29 heavy (non-hydrogen) atoms. The molecule has 1 aromatic heterocycles. The minimum atomic E-state index is -0.128. The highest BCUT2D eigenvalue weighted by atomic mass is 16.5. The van der Waals surface area contributed by atoms with Crippen molar-refractivity contribution in [1.29, 1.82) is 0 Å². The second kappa shape index (κ2) is 8.68. The standard InChI is InChI=1S/C22H28N4O3/c1-28-19-10-15-8-9-26(14-16(15)11-20(19)29-2)21-13-23-18(12-24-21)22(27)25-17-6-4-3-5-7-17/h10-13,17H,3-9,14H2,1-2H3,(H,25,27). The summed E-state index contributed by atoms with van der Waals surface area (Å²) < 4.78 is 10.8. The van der Waals surface area contributed by atoms with E-state index in [9.17, 15) is 4.79 Å². The van der Waals surface area contributed by atoms with Crippen molar-refractivity contribution in [3.63, 3.8) is 0 Å². The number of benzene rings is 1. The molecule has 1 saturated carbocycles. The van der Waals surface area contributed by atoms with Gasteiger partial charge in [-0.25, -0.2) is 9.97 Å². The predicted octanol–water partition coefficient (Wildman–Crippen LogP) is 3.12. The van der Waals surface area contributed by atoms with E-state index in [1.165, 1.54) is 30.4 Å². The molecule has 2 heterocycles. The van der Waals surface area contributed by atoms with Crippen LogP contribution in [0.25, 0.3) is 0 Å². The molecule has 0 saturated heterocycles. The average Bonchev–Trinajstić information content (AvgIpc) is 2.78. The third-order valence-corrected chi connectivity index (χ3v) is 5.85. The fraction of sp³-hybridized carbons (Fsp3) is 0.500. The quantitative estimate of drug-likeness (QED) is 0.837. The van der Waals surface area contributed by atoms with E-state index in [1.807, 2.05) is 6.07 Å². The molecular weight excluding hydrogens is 368 g/mol. The van der Waals surface area contributed by atoms with E-state index in [1.54, 1.807) is 26.6 Å². The molecule has 4 rings (SSSR count). The number of methoxy groups -OCH3 is 2. The highest BCUT2D eigenvalue weighted by Gasteiger charge is 2.22. The number of nitrogens with one attached hydrogen (secondary N) is 1. The van der Waals surface area contributed by atoms with E-state index < -0.39 is 0 Å². The summed E-state index contributed by atoms with van der Waals surface area (Å²) in [5, 5.41) is 3.09. The summed E-state index contributed by atoms with van der Waals surface area (Å²) in [4.78, 5) is 23.5. The number of anilines is 1. The van der Waals surface area contributed by atoms with Gasteiger partial charge in [-0.3, -0.25) is 4.79 Å². The number of nitrogens with zero attached hydrogens (tertiary/aromatic N) is 3. The number of aromatic nitrogens is 2. The van der Waals surface area contributed by atoms with Crippen molar-refractivity contribution >= 4 is 11.7 Å². The molecule has 1 amide bonds. The lowest BCUT2D eigenvalue weighted by Crippen LogP contribution is -2.36. The Morgan fingerprint density at radius 2 is 1.76 bits per heavy atom. The van der Waals surface area contributed by atoms with Crippen LogP contribution in [0.2, 0.25) is 0 Å². The summed E-state index contributed by atoms with van der Waals surface area (Å²) >= 11 is 0. The van der Waals surface area contributed by atoms with Gasteiger partial charge in [0.15, 0.2) is 11.5 Å². The van der Waals surface area contributed by atoms with Crippen LogP contribution in [0.1, 0.15) is 53.7 Å². The van der Waals surface area contributed by atoms with Crippen LogP contribution in [-0.2, 0) is 13.0 Å². The van der Waals surface area contributed by atoms with Crippen LogP contribution in [0.15, 0.2) is 24.5 Å². The summed E-state index contributed by atoms with van der Waals surface area (Å²) in [6.45, 7) is 1.56. The van der Waals surface area contributed by atoms with Crippen LogP contribution in [-0.4, -0.2) is 42.7 Å². The molecule has 0 radical (unpaired) electrons. The smallest absolute Gasteiger partial charge is 0.271 e. The maximum atomic E-state index is 12.4. The summed E-state index contributed by atoms with van der Waals surface area (Å²) in [5.41, 5.74) is 2.83. The van der Waals surface area contributed by atoms with Crippen molar-refractivity contribution in [2.24, 2.45) is 0 Å². The first-order chi connectivity index (χ1) is 14.2. The normalized spacial score (nSPS) is 16.8. The van der Waals surface area contributed by atoms with Gasteiger partial charge in [0.05, 0.1) is 26.6 Å². The number of rotatable bonds is 5. The van der Waals surface area contributed by atoms with Gasteiger partial charge in [0.2, 0.25) is 0 Å². The Hall–Kier alpha value is -2.83. The minimum Gasteiger partial charge on any atom is -0.493 e. The van der Waals surface area contributed by atoms with Gasteiger partial charge in [0.1, 0.15) is 11.5 Å². The SMILES string of the molecule is COc1cc2c(cc1OC)CN(c1cnc(C(=O)NC3CCCCC3)cn1)CC2. The number of carbonyl (C=O) groups excluding carboxylic acids is 1. The third-order valence-electron chi connectivity index (χ3n) is 5.85. The minimum absolute atomic E-state index is 0.128. The third kappa shape index (κ3) is 4.28. The van der Waals surface area contributed by atoms with E-state index in [4.69, 9.17) is 9.47 Å². The zero-order valence-corrected chi connectivity index (χ0v) is 17.1. The first kappa shape index (κ1) is 19.5. The number of hydrogen-bond acceptors (Lipinski definition) is 6. The number of ether oxygens (including phenoxy) is 2. The largest absolute Gasteiger partial charge is 0.493 e. The van der Waals surface area contributed by atoms with Crippen LogP contribution in [0.3, 0.4) is 0 Å². The fourth-order valence-corrected chi connectivity index (χ4v) is 4.19. The molecule has 1 aromatic carbocycles. The average molecular weight is 396 g/mol. The molecule has 7 heteroatoms. The molecule has 1 fully saturated rings. The Bertz CT molecular complexity index is 863. The molecule has 1 aliphatic heterocycles. The van der Waals surface area contributed by atoms with Crippen LogP contribution in [0.4, 0.5) is 5.82 Å². The van der Waals surface area contributed by atoms with Crippen molar-refractivity contribution in [2.45, 2.75) is 51.1 Å². The lowest BCUT2D eigenvalue weighted by molar-refractivity contribution is 0.0922. The van der Waals surface area contributed by atoms with E-state index in [2.05, 4.69) is 26.3 Å². The van der Waals surface area contributed by atoms with Crippen molar-refractivity contribution in [3.8, 4) is 11.5 Å². The monoisotopic (exact) mass is 396 g/mol. The Labute approximate surface area is 171 Å². The van der Waals surface area contributed by atoms with Gasteiger partial charge in [-0.2, -0.15) is 0 Å². The van der Waals surface area contributed by atoms with Crippen LogP contribution < -0.4 is 19.7 Å². The van der Waals surface area contributed by atoms with Crippen molar-refractivity contribution in [2.75, 3.05) is 25.7 Å². The Balaban J connectivity index is 1.44. The first-order valence-corrected chi connectivity index (χ1v) is 10.3. The lowest BCUT2D eigenvalue weighted by atomic mass is 9.95. The van der Waals surface area contributed by atoms with Gasteiger partial charge >= 0.3 is 0 Å². The van der Waals surface area contributed by atoms with Gasteiger partial charge in [0.25, 0.3) is 5.91 Å². The fourth-order valence-electron chi connectivity index (χ4n) is 4.19. The van der Waals surface area contributed by atoms with Crippen LogP contribution >= 0.6 is 0 Å². The topological polar surface area (TPSA) is 76.6 Å². The van der Waals surface area contributed by atoms with Gasteiger partial charge in [-0.1, -0.05) is 19.3 Å². The number of fused-ring (bicyclic) bond motifs is 1. The molecule has 0 bridgehead atoms. The van der Waals surface area contributed by atoms with E-state index >= 15 is 0 Å². The molecule has 1 aliphatic carbocycles. The van der Waals surface area contributed by atoms with E-state index in [0.717, 1.165) is 49.7 Å². The summed E-state index contributed by atoms with van der Waals surface area (Å²) in [5.74, 6) is 2.14. The highest BCUT2D eigenvalue weighted by molar-refractivity contribution is 5.92. The molecule has 154 valence electrons. The number of carbonyl (C=O) groups is 1. The van der Waals surface area contributed by atoms with Gasteiger partial charge in [0, 0.05) is 19.1 Å². The van der Waals surface area contributed by atoms with E-state index in [-0.39, 0.29) is 11.9 Å². The van der Waals surface area contributed by atoms with Gasteiger partial charge < -0.3 is 19.7 Å². The molecule has 7 nitrogen and oxygen atoms in total. The van der Waals surface area contributed by atoms with E-state index in [0.29, 0.717) is 5.69 Å². The molecule has 0 atom stereocenters. The Morgan fingerprint density at radius 1 is 1.03 bits per heavy atom. The molecule has 0 unspecified atom stereocenters. The summed E-state index contributed by atoms with van der Waals surface area (Å²) in [7, 11) is 3.30. The maximum Gasteiger partial charge on any atom is 0.271 e. The number of amides is 1. The molecule has 1 N–H and O–H groups in total. The van der Waals surface area contributed by atoms with Crippen molar-refractivity contribution in [1.82, 2.24) is 15.3 Å². The molecule has 2 aromatic rings. The van der Waals surface area contributed by atoms with Crippen LogP contribution in [0, 0.1) is 0 Å². The van der Waals surface area contributed by atoms with Crippen molar-refractivity contribution in [3.05, 3.63) is 41.3 Å². The molecule has 0 spiro atoms. The maximum absolute atomic E-state index is 12.4. The second-order valence-corrected chi connectivity index (χ2v) is 7.72. The Morgan fingerprint density at radius 3 is 2.41 bits per heavy atom.